The molecule has 6 rings (SSSR count). The van der Waals surface area contributed by atoms with Crippen LogP contribution in [-0.2, 0) is 0 Å². The number of fused-ring (bicyclic) bond motifs is 1. The number of para-hydroxylation sites is 2. The van der Waals surface area contributed by atoms with Crippen molar-refractivity contribution >= 4 is 22.8 Å². The highest BCUT2D eigenvalue weighted by atomic mass is 15.4. The summed E-state index contributed by atoms with van der Waals surface area (Å²) in [6.45, 7) is 4.09. The molecule has 132 valence electrons. The number of rotatable bonds is 4. The number of hydrogen-bond donors (Lipinski definition) is 0. The quantitative estimate of drug-likeness (QED) is 0.527. The molecule has 4 heterocycles. The standard InChI is InChI=1S/C21H18N6/c1-2-6-15(7-3-1)27-14-17(16-8-4-5-9-18(16)27)19-22-20(25-10-11-25)24-21(23-19)26-12-13-26/h1-9,14H,10-13H2. The van der Waals surface area contributed by atoms with Crippen molar-refractivity contribution in [2.45, 2.75) is 0 Å². The number of anilines is 2. The maximum absolute atomic E-state index is 4.80. The second-order valence-electron chi connectivity index (χ2n) is 7.00. The molecule has 0 unspecified atom stereocenters. The van der Waals surface area contributed by atoms with Gasteiger partial charge in [0.05, 0.1) is 5.52 Å². The van der Waals surface area contributed by atoms with E-state index in [1.165, 1.54) is 0 Å². The van der Waals surface area contributed by atoms with Gasteiger partial charge in [0, 0.05) is 49.0 Å². The summed E-state index contributed by atoms with van der Waals surface area (Å²) in [5, 5.41) is 1.15. The van der Waals surface area contributed by atoms with E-state index < -0.39 is 0 Å². The minimum absolute atomic E-state index is 0.750. The molecule has 2 aliphatic rings. The first-order valence-electron chi connectivity index (χ1n) is 9.29. The molecule has 0 N–H and O–H groups in total. The SMILES string of the molecule is c1ccc(-n2cc(-c3nc(N4CC4)nc(N4CC4)n3)c3ccccc32)cc1. The van der Waals surface area contributed by atoms with Crippen molar-refractivity contribution in [2.24, 2.45) is 0 Å². The van der Waals surface area contributed by atoms with Crippen LogP contribution in [0.4, 0.5) is 11.9 Å². The van der Waals surface area contributed by atoms with Crippen molar-refractivity contribution in [3.8, 4) is 17.1 Å². The number of aromatic nitrogens is 4. The Kier molecular flexibility index (Phi) is 3.02. The van der Waals surface area contributed by atoms with Crippen LogP contribution in [0.15, 0.2) is 60.8 Å². The van der Waals surface area contributed by atoms with E-state index in [0.29, 0.717) is 0 Å². The van der Waals surface area contributed by atoms with Crippen LogP contribution in [0, 0.1) is 0 Å². The predicted octanol–water partition coefficient (Wildman–Crippen LogP) is 3.12. The van der Waals surface area contributed by atoms with Crippen molar-refractivity contribution in [1.82, 2.24) is 19.5 Å². The molecule has 0 bridgehead atoms. The van der Waals surface area contributed by atoms with Crippen molar-refractivity contribution in [2.75, 3.05) is 36.0 Å². The van der Waals surface area contributed by atoms with Crippen LogP contribution in [0.2, 0.25) is 0 Å². The van der Waals surface area contributed by atoms with Crippen LogP contribution in [0.3, 0.4) is 0 Å². The highest BCUT2D eigenvalue weighted by Gasteiger charge is 2.28. The maximum atomic E-state index is 4.80. The monoisotopic (exact) mass is 354 g/mol. The fraction of sp³-hybridized carbons (Fsp3) is 0.190. The predicted molar refractivity (Wildman–Crippen MR) is 107 cm³/mol. The van der Waals surface area contributed by atoms with Gasteiger partial charge in [0.25, 0.3) is 0 Å². The zero-order chi connectivity index (χ0) is 17.8. The summed E-state index contributed by atoms with van der Waals surface area (Å²) in [6, 6.07) is 18.8. The average Bonchev–Trinajstić information content (AvgIpc) is 3.63. The molecule has 6 nitrogen and oxygen atoms in total. The minimum Gasteiger partial charge on any atom is -0.337 e. The summed E-state index contributed by atoms with van der Waals surface area (Å²) >= 11 is 0. The summed E-state index contributed by atoms with van der Waals surface area (Å²) in [5.41, 5.74) is 3.33. The minimum atomic E-state index is 0.750. The van der Waals surface area contributed by atoms with Gasteiger partial charge in [0.2, 0.25) is 11.9 Å². The molecule has 0 atom stereocenters. The molecule has 4 aromatic rings. The highest BCUT2D eigenvalue weighted by Crippen LogP contribution is 2.33. The molecular weight excluding hydrogens is 336 g/mol. The molecule has 0 aliphatic carbocycles. The van der Waals surface area contributed by atoms with Crippen molar-refractivity contribution < 1.29 is 0 Å². The third-order valence-electron chi connectivity index (χ3n) is 5.06. The van der Waals surface area contributed by atoms with Gasteiger partial charge in [-0.15, -0.1) is 0 Å². The van der Waals surface area contributed by atoms with Gasteiger partial charge in [-0.25, -0.2) is 0 Å². The van der Waals surface area contributed by atoms with Gasteiger partial charge in [-0.3, -0.25) is 0 Å². The molecule has 2 aromatic heterocycles. The van der Waals surface area contributed by atoms with Crippen molar-refractivity contribution in [1.29, 1.82) is 0 Å². The lowest BCUT2D eigenvalue weighted by Crippen LogP contribution is -2.07. The zero-order valence-corrected chi connectivity index (χ0v) is 14.8. The van der Waals surface area contributed by atoms with Gasteiger partial charge >= 0.3 is 0 Å². The van der Waals surface area contributed by atoms with Crippen LogP contribution in [-0.4, -0.2) is 45.7 Å². The Labute approximate surface area is 156 Å². The Hall–Kier alpha value is -3.41. The Bertz CT molecular complexity index is 1110. The Balaban J connectivity index is 1.58. The fourth-order valence-electron chi connectivity index (χ4n) is 3.42. The van der Waals surface area contributed by atoms with E-state index in [2.05, 4.69) is 74.1 Å². The first-order valence-corrected chi connectivity index (χ1v) is 9.29. The smallest absolute Gasteiger partial charge is 0.230 e. The normalized spacial score (nSPS) is 15.4. The van der Waals surface area contributed by atoms with E-state index in [9.17, 15) is 0 Å². The summed E-state index contributed by atoms with van der Waals surface area (Å²) in [6.07, 6.45) is 2.15. The van der Waals surface area contributed by atoms with Crippen molar-refractivity contribution in [3.63, 3.8) is 0 Å². The lowest BCUT2D eigenvalue weighted by Gasteiger charge is -2.08. The second kappa shape index (κ2) is 5.54. The molecule has 2 aromatic carbocycles. The van der Waals surface area contributed by atoms with Crippen LogP contribution < -0.4 is 9.80 Å². The first kappa shape index (κ1) is 14.7. The number of nitrogens with zero attached hydrogens (tertiary/aromatic N) is 6. The molecule has 2 aliphatic heterocycles. The second-order valence-corrected chi connectivity index (χ2v) is 7.00. The van der Waals surface area contributed by atoms with Crippen LogP contribution in [0.1, 0.15) is 0 Å². The largest absolute Gasteiger partial charge is 0.337 e. The molecule has 0 amide bonds. The van der Waals surface area contributed by atoms with Gasteiger partial charge in [0.15, 0.2) is 5.82 Å². The van der Waals surface area contributed by atoms with Crippen LogP contribution in [0.25, 0.3) is 28.0 Å². The lowest BCUT2D eigenvalue weighted by atomic mass is 10.1. The lowest BCUT2D eigenvalue weighted by molar-refractivity contribution is 1.01. The van der Waals surface area contributed by atoms with Gasteiger partial charge in [0.1, 0.15) is 0 Å². The van der Waals surface area contributed by atoms with Crippen LogP contribution in [0.5, 0.6) is 0 Å². The summed E-state index contributed by atoms with van der Waals surface area (Å²) in [4.78, 5) is 18.6. The van der Waals surface area contributed by atoms with E-state index in [1.54, 1.807) is 0 Å². The van der Waals surface area contributed by atoms with Gasteiger partial charge in [-0.05, 0) is 18.2 Å². The van der Waals surface area contributed by atoms with Gasteiger partial charge in [-0.2, -0.15) is 15.0 Å². The van der Waals surface area contributed by atoms with Crippen LogP contribution >= 0.6 is 0 Å². The summed E-state index contributed by atoms with van der Waals surface area (Å²) < 4.78 is 2.21. The molecule has 0 radical (unpaired) electrons. The fourth-order valence-corrected chi connectivity index (χ4v) is 3.42. The number of hydrogen-bond acceptors (Lipinski definition) is 5. The maximum Gasteiger partial charge on any atom is 0.230 e. The average molecular weight is 354 g/mol. The molecule has 27 heavy (non-hydrogen) atoms. The van der Waals surface area contributed by atoms with E-state index in [0.717, 1.165) is 66.1 Å². The first-order chi connectivity index (χ1) is 13.4. The molecule has 6 heteroatoms. The van der Waals surface area contributed by atoms with Gasteiger partial charge < -0.3 is 14.4 Å². The molecule has 2 fully saturated rings. The van der Waals surface area contributed by atoms with Crippen molar-refractivity contribution in [3.05, 3.63) is 60.8 Å². The highest BCUT2D eigenvalue weighted by molar-refractivity contribution is 5.95. The topological polar surface area (TPSA) is 49.6 Å². The Morgan fingerprint density at radius 3 is 1.96 bits per heavy atom. The Morgan fingerprint density at radius 2 is 1.30 bits per heavy atom. The zero-order valence-electron chi connectivity index (χ0n) is 14.8. The van der Waals surface area contributed by atoms with E-state index in [4.69, 9.17) is 9.97 Å². The third-order valence-corrected chi connectivity index (χ3v) is 5.06. The molecule has 0 spiro atoms. The third kappa shape index (κ3) is 2.52. The van der Waals surface area contributed by atoms with E-state index >= 15 is 0 Å². The number of benzene rings is 2. The summed E-state index contributed by atoms with van der Waals surface area (Å²) in [5.74, 6) is 2.33. The Morgan fingerprint density at radius 1 is 0.667 bits per heavy atom. The molecular formula is C21H18N6. The van der Waals surface area contributed by atoms with Gasteiger partial charge in [-0.1, -0.05) is 36.4 Å². The van der Waals surface area contributed by atoms with E-state index in [1.807, 2.05) is 6.07 Å². The molecule has 2 saturated heterocycles. The summed E-state index contributed by atoms with van der Waals surface area (Å²) in [7, 11) is 0. The van der Waals surface area contributed by atoms with E-state index in [-0.39, 0.29) is 0 Å². The molecule has 0 saturated carbocycles.